The molecule has 0 aliphatic heterocycles. The van der Waals surface area contributed by atoms with Gasteiger partial charge in [-0.1, -0.05) is 18.2 Å². The maximum atomic E-state index is 5.62. The summed E-state index contributed by atoms with van der Waals surface area (Å²) in [5, 5.41) is 0. The van der Waals surface area contributed by atoms with Gasteiger partial charge in [-0.3, -0.25) is 0 Å². The molecule has 0 spiro atoms. The Balaban J connectivity index is 0.00000162. The number of hydrogen-bond acceptors (Lipinski definition) is 3. The van der Waals surface area contributed by atoms with Gasteiger partial charge in [-0.05, 0) is 12.1 Å². The van der Waals surface area contributed by atoms with Gasteiger partial charge in [-0.15, -0.1) is 24.3 Å². The molecule has 2 aromatic carbocycles. The topological polar surface area (TPSA) is 27.7 Å². The Morgan fingerprint density at radius 1 is 1.00 bits per heavy atom. The normalized spacial score (nSPS) is 9.39. The van der Waals surface area contributed by atoms with E-state index in [9.17, 15) is 0 Å². The Morgan fingerprint density at radius 2 is 1.78 bits per heavy atom. The molecule has 0 saturated heterocycles. The van der Waals surface area contributed by atoms with E-state index in [-0.39, 0.29) is 25.7 Å². The zero-order chi connectivity index (χ0) is 11.9. The molecular formula is C14H13LiO3. The molecule has 3 nitrogen and oxygen atoms in total. The first-order chi connectivity index (χ1) is 8.38. The Labute approximate surface area is 119 Å². The summed E-state index contributed by atoms with van der Waals surface area (Å²) in [4.78, 5) is 0. The van der Waals surface area contributed by atoms with Crippen LogP contribution in [0.4, 0.5) is 0 Å². The number of ether oxygens (including phenoxy) is 3. The maximum absolute atomic E-state index is 5.62. The molecule has 0 aliphatic carbocycles. The largest absolute Gasteiger partial charge is 1.00 e. The van der Waals surface area contributed by atoms with Gasteiger partial charge in [-0.25, -0.2) is 0 Å². The van der Waals surface area contributed by atoms with Gasteiger partial charge in [0.1, 0.15) is 5.75 Å². The van der Waals surface area contributed by atoms with Crippen molar-refractivity contribution in [2.75, 3.05) is 13.9 Å². The van der Waals surface area contributed by atoms with Crippen molar-refractivity contribution in [3.8, 4) is 17.2 Å². The molecule has 0 unspecified atom stereocenters. The average molecular weight is 236 g/mol. The van der Waals surface area contributed by atoms with Gasteiger partial charge in [0, 0.05) is 18.6 Å². The van der Waals surface area contributed by atoms with Crippen LogP contribution in [0.2, 0.25) is 0 Å². The minimum Gasteiger partial charge on any atom is -0.517 e. The third-order valence-corrected chi connectivity index (χ3v) is 2.07. The quantitative estimate of drug-likeness (QED) is 0.423. The second-order valence-electron chi connectivity index (χ2n) is 3.35. The third kappa shape index (κ3) is 4.46. The summed E-state index contributed by atoms with van der Waals surface area (Å²) < 4.78 is 15.6. The molecule has 4 heteroatoms. The molecule has 0 heterocycles. The van der Waals surface area contributed by atoms with Crippen molar-refractivity contribution in [2.45, 2.75) is 0 Å². The monoisotopic (exact) mass is 236 g/mol. The number of para-hydroxylation sites is 1. The van der Waals surface area contributed by atoms with Crippen LogP contribution in [0.25, 0.3) is 0 Å². The van der Waals surface area contributed by atoms with Gasteiger partial charge >= 0.3 is 18.9 Å². The fourth-order valence-corrected chi connectivity index (χ4v) is 1.30. The molecule has 0 atom stereocenters. The number of rotatable bonds is 5. The molecule has 0 radical (unpaired) electrons. The molecular weight excluding hydrogens is 223 g/mol. The first-order valence-corrected chi connectivity index (χ1v) is 5.25. The van der Waals surface area contributed by atoms with E-state index in [4.69, 9.17) is 14.2 Å². The summed E-state index contributed by atoms with van der Waals surface area (Å²) in [7, 11) is 1.58. The van der Waals surface area contributed by atoms with E-state index in [0.29, 0.717) is 5.75 Å². The number of benzene rings is 2. The minimum absolute atomic E-state index is 0. The van der Waals surface area contributed by atoms with E-state index < -0.39 is 0 Å². The van der Waals surface area contributed by atoms with Gasteiger partial charge in [-0.2, -0.15) is 0 Å². The van der Waals surface area contributed by atoms with Crippen molar-refractivity contribution in [2.24, 2.45) is 0 Å². The molecule has 0 aromatic heterocycles. The number of methoxy groups -OCH3 is 1. The van der Waals surface area contributed by atoms with Gasteiger partial charge in [0.15, 0.2) is 6.79 Å². The van der Waals surface area contributed by atoms with E-state index >= 15 is 0 Å². The Bertz CT molecular complexity index is 442. The smallest absolute Gasteiger partial charge is 0.517 e. The zero-order valence-electron chi connectivity index (χ0n) is 10.6. The summed E-state index contributed by atoms with van der Waals surface area (Å²) in [5.41, 5.74) is 0. The van der Waals surface area contributed by atoms with Crippen molar-refractivity contribution < 1.29 is 33.1 Å². The second kappa shape index (κ2) is 7.83. The predicted octanol–water partition coefficient (Wildman–Crippen LogP) is 0.266. The summed E-state index contributed by atoms with van der Waals surface area (Å²) >= 11 is 0. The Hall–Kier alpha value is -1.40. The van der Waals surface area contributed by atoms with Crippen LogP contribution in [-0.4, -0.2) is 13.9 Å². The molecule has 88 valence electrons. The fraction of sp³-hybridized carbons (Fsp3) is 0.143. The molecule has 0 aliphatic rings. The van der Waals surface area contributed by atoms with Crippen LogP contribution in [-0.2, 0) is 4.74 Å². The van der Waals surface area contributed by atoms with E-state index in [1.165, 1.54) is 0 Å². The standard InChI is InChI=1S/C14H13O3.Li/c1-15-11-16-12-7-9-14(10-8-12)17-13-5-3-2-4-6-13;/h2-7,9-10H,11H2,1H3;/q-1;+1. The van der Waals surface area contributed by atoms with Crippen molar-refractivity contribution >= 4 is 0 Å². The molecule has 0 saturated carbocycles. The van der Waals surface area contributed by atoms with Crippen molar-refractivity contribution in [3.63, 3.8) is 0 Å². The number of hydrogen-bond donors (Lipinski definition) is 0. The molecule has 0 bridgehead atoms. The molecule has 0 N–H and O–H groups in total. The van der Waals surface area contributed by atoms with Crippen LogP contribution in [0, 0.1) is 6.07 Å². The molecule has 0 amide bonds. The van der Waals surface area contributed by atoms with Crippen LogP contribution in [0.15, 0.2) is 48.5 Å². The summed E-state index contributed by atoms with van der Waals surface area (Å²) in [6, 6.07) is 17.9. The zero-order valence-corrected chi connectivity index (χ0v) is 10.6. The SMILES string of the molecule is COCOc1[c-]cc(Oc2ccccc2)cc1.[Li+]. The Kier molecular flexibility index (Phi) is 6.38. The first kappa shape index (κ1) is 14.7. The van der Waals surface area contributed by atoms with Crippen molar-refractivity contribution in [3.05, 3.63) is 54.6 Å². The first-order valence-electron chi connectivity index (χ1n) is 5.25. The van der Waals surface area contributed by atoms with E-state index in [1.807, 2.05) is 36.4 Å². The van der Waals surface area contributed by atoms with Gasteiger partial charge in [0.2, 0.25) is 0 Å². The molecule has 0 fully saturated rings. The third-order valence-electron chi connectivity index (χ3n) is 2.07. The van der Waals surface area contributed by atoms with Crippen LogP contribution in [0.5, 0.6) is 17.2 Å². The van der Waals surface area contributed by atoms with Crippen molar-refractivity contribution in [1.82, 2.24) is 0 Å². The van der Waals surface area contributed by atoms with E-state index in [0.717, 1.165) is 11.5 Å². The van der Waals surface area contributed by atoms with Gasteiger partial charge in [0.05, 0.1) is 0 Å². The summed E-state index contributed by atoms with van der Waals surface area (Å²) in [6.45, 7) is 0.218. The fourth-order valence-electron chi connectivity index (χ4n) is 1.30. The molecule has 2 aromatic rings. The van der Waals surface area contributed by atoms with Crippen LogP contribution < -0.4 is 28.3 Å². The van der Waals surface area contributed by atoms with Crippen LogP contribution in [0.1, 0.15) is 0 Å². The van der Waals surface area contributed by atoms with Gasteiger partial charge in [0.25, 0.3) is 0 Å². The second-order valence-corrected chi connectivity index (χ2v) is 3.35. The maximum Gasteiger partial charge on any atom is 1.00 e. The van der Waals surface area contributed by atoms with Gasteiger partial charge < -0.3 is 14.2 Å². The minimum atomic E-state index is 0. The summed E-state index contributed by atoms with van der Waals surface area (Å²) in [6.07, 6.45) is 0. The summed E-state index contributed by atoms with van der Waals surface area (Å²) in [5.74, 6) is 2.15. The van der Waals surface area contributed by atoms with Crippen molar-refractivity contribution in [1.29, 1.82) is 0 Å². The Morgan fingerprint density at radius 3 is 2.39 bits per heavy atom. The van der Waals surface area contributed by atoms with E-state index in [1.54, 1.807) is 19.2 Å². The van der Waals surface area contributed by atoms with Crippen LogP contribution in [0.3, 0.4) is 0 Å². The molecule has 18 heavy (non-hydrogen) atoms. The molecule has 2 rings (SSSR count). The van der Waals surface area contributed by atoms with E-state index in [2.05, 4.69) is 6.07 Å². The van der Waals surface area contributed by atoms with Crippen LogP contribution >= 0.6 is 0 Å². The predicted molar refractivity (Wildman–Crippen MR) is 64.3 cm³/mol. The average Bonchev–Trinajstić information content (AvgIpc) is 2.39.